The lowest BCUT2D eigenvalue weighted by Crippen LogP contribution is -2.02. The van der Waals surface area contributed by atoms with Gasteiger partial charge in [0.2, 0.25) is 0 Å². The summed E-state index contributed by atoms with van der Waals surface area (Å²) in [4.78, 5) is 4.22. The number of nitrogens with zero attached hydrogens (tertiary/aromatic N) is 1. The van der Waals surface area contributed by atoms with Gasteiger partial charge < -0.3 is 5.11 Å². The predicted molar refractivity (Wildman–Crippen MR) is 76.7 cm³/mol. The molecule has 1 N–H and O–H groups in total. The molecule has 1 aromatic carbocycles. The normalized spacial score (nSPS) is 12.5. The number of aliphatic hydroxyl groups is 1. The number of rotatable bonds is 2. The van der Waals surface area contributed by atoms with E-state index in [0.717, 1.165) is 32.4 Å². The van der Waals surface area contributed by atoms with Crippen LogP contribution in [0, 0.1) is 20.8 Å². The third kappa shape index (κ3) is 2.62. The standard InChI is InChI=1S/C15H16BrNO/c1-9-6-13(7-10(2)14(9)16)15(18)12-5-4-11(3)17-8-12/h4-8,15,18H,1-3H3. The zero-order valence-corrected chi connectivity index (χ0v) is 12.3. The van der Waals surface area contributed by atoms with Crippen molar-refractivity contribution in [3.05, 3.63) is 62.9 Å². The molecule has 94 valence electrons. The number of aryl methyl sites for hydroxylation is 3. The molecule has 0 spiro atoms. The largest absolute Gasteiger partial charge is 0.384 e. The molecule has 0 aliphatic carbocycles. The van der Waals surface area contributed by atoms with Crippen molar-refractivity contribution in [3.63, 3.8) is 0 Å². The highest BCUT2D eigenvalue weighted by Crippen LogP contribution is 2.28. The molecule has 2 rings (SSSR count). The molecule has 2 aromatic rings. The summed E-state index contributed by atoms with van der Waals surface area (Å²) < 4.78 is 1.10. The number of halogens is 1. The van der Waals surface area contributed by atoms with Crippen LogP contribution in [-0.4, -0.2) is 10.1 Å². The molecular weight excluding hydrogens is 290 g/mol. The van der Waals surface area contributed by atoms with Crippen LogP contribution < -0.4 is 0 Å². The summed E-state index contributed by atoms with van der Waals surface area (Å²) in [5.74, 6) is 0. The number of aliphatic hydroxyl groups excluding tert-OH is 1. The van der Waals surface area contributed by atoms with Gasteiger partial charge in [-0.3, -0.25) is 4.98 Å². The van der Waals surface area contributed by atoms with Crippen LogP contribution in [0.4, 0.5) is 0 Å². The highest BCUT2D eigenvalue weighted by molar-refractivity contribution is 9.10. The second-order valence-electron chi connectivity index (χ2n) is 4.60. The predicted octanol–water partition coefficient (Wildman–Crippen LogP) is 3.85. The maximum absolute atomic E-state index is 10.4. The summed E-state index contributed by atoms with van der Waals surface area (Å²) in [7, 11) is 0. The Morgan fingerprint density at radius 2 is 1.67 bits per heavy atom. The Kier molecular flexibility index (Phi) is 3.83. The van der Waals surface area contributed by atoms with Gasteiger partial charge in [0.25, 0.3) is 0 Å². The lowest BCUT2D eigenvalue weighted by atomic mass is 9.99. The molecule has 1 atom stereocenters. The number of aromatic nitrogens is 1. The third-order valence-electron chi connectivity index (χ3n) is 3.02. The first-order chi connectivity index (χ1) is 8.49. The van der Waals surface area contributed by atoms with Gasteiger partial charge in [-0.1, -0.05) is 34.1 Å². The van der Waals surface area contributed by atoms with E-state index < -0.39 is 6.10 Å². The Balaban J connectivity index is 2.39. The average Bonchev–Trinajstić information content (AvgIpc) is 2.35. The third-order valence-corrected chi connectivity index (χ3v) is 4.28. The van der Waals surface area contributed by atoms with Crippen molar-refractivity contribution >= 4 is 15.9 Å². The quantitative estimate of drug-likeness (QED) is 0.914. The zero-order chi connectivity index (χ0) is 13.3. The highest BCUT2D eigenvalue weighted by atomic mass is 79.9. The van der Waals surface area contributed by atoms with Gasteiger partial charge >= 0.3 is 0 Å². The van der Waals surface area contributed by atoms with Crippen molar-refractivity contribution < 1.29 is 5.11 Å². The smallest absolute Gasteiger partial charge is 0.106 e. The first-order valence-electron chi connectivity index (χ1n) is 5.86. The maximum Gasteiger partial charge on any atom is 0.106 e. The lowest BCUT2D eigenvalue weighted by molar-refractivity contribution is 0.219. The fourth-order valence-electron chi connectivity index (χ4n) is 1.97. The Labute approximate surface area is 116 Å². The van der Waals surface area contributed by atoms with E-state index in [1.165, 1.54) is 0 Å². The van der Waals surface area contributed by atoms with Gasteiger partial charge in [0, 0.05) is 21.9 Å². The van der Waals surface area contributed by atoms with Gasteiger partial charge in [-0.25, -0.2) is 0 Å². The minimum absolute atomic E-state index is 0.622. The fourth-order valence-corrected chi connectivity index (χ4v) is 2.20. The molecule has 0 amide bonds. The summed E-state index contributed by atoms with van der Waals surface area (Å²) in [6.45, 7) is 5.99. The molecule has 2 nitrogen and oxygen atoms in total. The van der Waals surface area contributed by atoms with Gasteiger partial charge in [-0.2, -0.15) is 0 Å². The molecule has 1 aromatic heterocycles. The van der Waals surface area contributed by atoms with Crippen LogP contribution in [0.25, 0.3) is 0 Å². The van der Waals surface area contributed by atoms with E-state index in [4.69, 9.17) is 0 Å². The average molecular weight is 306 g/mol. The maximum atomic E-state index is 10.4. The molecule has 1 unspecified atom stereocenters. The summed E-state index contributed by atoms with van der Waals surface area (Å²) >= 11 is 3.53. The van der Waals surface area contributed by atoms with E-state index in [0.29, 0.717) is 0 Å². The number of hydrogen-bond donors (Lipinski definition) is 1. The Bertz CT molecular complexity index is 540. The fraction of sp³-hybridized carbons (Fsp3) is 0.267. The summed E-state index contributed by atoms with van der Waals surface area (Å²) in [6, 6.07) is 7.83. The molecule has 0 saturated heterocycles. The summed E-state index contributed by atoms with van der Waals surface area (Å²) in [5, 5.41) is 10.4. The van der Waals surface area contributed by atoms with Crippen molar-refractivity contribution in [3.8, 4) is 0 Å². The molecule has 1 heterocycles. The Morgan fingerprint density at radius 1 is 1.06 bits per heavy atom. The van der Waals surface area contributed by atoms with Crippen LogP contribution in [0.5, 0.6) is 0 Å². The molecule has 0 radical (unpaired) electrons. The Hall–Kier alpha value is -1.19. The topological polar surface area (TPSA) is 33.1 Å². The monoisotopic (exact) mass is 305 g/mol. The van der Waals surface area contributed by atoms with Crippen LogP contribution in [0.1, 0.15) is 34.1 Å². The summed E-state index contributed by atoms with van der Waals surface area (Å²) in [5.41, 5.74) is 4.93. The van der Waals surface area contributed by atoms with Gasteiger partial charge in [-0.15, -0.1) is 0 Å². The minimum atomic E-state index is -0.622. The van der Waals surface area contributed by atoms with E-state index >= 15 is 0 Å². The van der Waals surface area contributed by atoms with Gasteiger partial charge in [0.05, 0.1) is 0 Å². The van der Waals surface area contributed by atoms with E-state index in [1.54, 1.807) is 6.20 Å². The highest BCUT2D eigenvalue weighted by Gasteiger charge is 2.13. The molecule has 3 heteroatoms. The van der Waals surface area contributed by atoms with E-state index in [2.05, 4.69) is 20.9 Å². The minimum Gasteiger partial charge on any atom is -0.384 e. The number of hydrogen-bond acceptors (Lipinski definition) is 2. The molecule has 0 fully saturated rings. The molecule has 0 aliphatic heterocycles. The van der Waals surface area contributed by atoms with Gasteiger partial charge in [0.15, 0.2) is 0 Å². The SMILES string of the molecule is Cc1ccc(C(O)c2cc(C)c(Br)c(C)c2)cn1. The van der Waals surface area contributed by atoms with Crippen LogP contribution in [-0.2, 0) is 0 Å². The van der Waals surface area contributed by atoms with Crippen molar-refractivity contribution in [1.29, 1.82) is 0 Å². The summed E-state index contributed by atoms with van der Waals surface area (Å²) in [6.07, 6.45) is 1.11. The molecule has 0 bridgehead atoms. The van der Waals surface area contributed by atoms with Crippen molar-refractivity contribution in [1.82, 2.24) is 4.98 Å². The lowest BCUT2D eigenvalue weighted by Gasteiger charge is -2.14. The first kappa shape index (κ1) is 13.2. The Morgan fingerprint density at radius 3 is 2.17 bits per heavy atom. The van der Waals surface area contributed by atoms with Crippen molar-refractivity contribution in [2.45, 2.75) is 26.9 Å². The first-order valence-corrected chi connectivity index (χ1v) is 6.65. The second kappa shape index (κ2) is 5.21. The van der Waals surface area contributed by atoms with Crippen LogP contribution >= 0.6 is 15.9 Å². The van der Waals surface area contributed by atoms with Crippen LogP contribution in [0.2, 0.25) is 0 Å². The van der Waals surface area contributed by atoms with E-state index in [-0.39, 0.29) is 0 Å². The van der Waals surface area contributed by atoms with Gasteiger partial charge in [0.1, 0.15) is 6.10 Å². The van der Waals surface area contributed by atoms with Crippen molar-refractivity contribution in [2.24, 2.45) is 0 Å². The molecular formula is C15H16BrNO. The van der Waals surface area contributed by atoms with E-state index in [9.17, 15) is 5.11 Å². The van der Waals surface area contributed by atoms with Crippen LogP contribution in [0.3, 0.4) is 0 Å². The van der Waals surface area contributed by atoms with E-state index in [1.807, 2.05) is 45.0 Å². The van der Waals surface area contributed by atoms with Crippen LogP contribution in [0.15, 0.2) is 34.9 Å². The number of pyridine rings is 1. The molecule has 18 heavy (non-hydrogen) atoms. The second-order valence-corrected chi connectivity index (χ2v) is 5.40. The zero-order valence-electron chi connectivity index (χ0n) is 10.7. The number of benzene rings is 1. The van der Waals surface area contributed by atoms with Gasteiger partial charge in [-0.05, 0) is 43.5 Å². The van der Waals surface area contributed by atoms with Crippen molar-refractivity contribution in [2.75, 3.05) is 0 Å². The molecule has 0 saturated carbocycles. The molecule has 0 aliphatic rings.